The topological polar surface area (TPSA) is 93.4 Å². The average molecular weight is 324 g/mol. The summed E-state index contributed by atoms with van der Waals surface area (Å²) in [6, 6.07) is 1.42. The second-order valence-electron chi connectivity index (χ2n) is 4.94. The van der Waals surface area contributed by atoms with Crippen LogP contribution in [0, 0.1) is 0 Å². The van der Waals surface area contributed by atoms with Gasteiger partial charge in [0.15, 0.2) is 5.69 Å². The van der Waals surface area contributed by atoms with Gasteiger partial charge >= 0.3 is 5.97 Å². The first-order valence-electron chi connectivity index (χ1n) is 6.66. The molecule has 0 aromatic carbocycles. The number of morpholine rings is 1. The number of halogens is 1. The monoisotopic (exact) mass is 323 g/mol. The number of anilines is 1. The maximum atomic E-state index is 11.1. The zero-order valence-corrected chi connectivity index (χ0v) is 12.6. The Morgan fingerprint density at radius 3 is 3.00 bits per heavy atom. The summed E-state index contributed by atoms with van der Waals surface area (Å²) in [6.07, 6.45) is 3.50. The molecule has 1 saturated heterocycles. The summed E-state index contributed by atoms with van der Waals surface area (Å²) in [4.78, 5) is 20.8. The first kappa shape index (κ1) is 14.7. The Bertz CT molecular complexity index is 705. The van der Waals surface area contributed by atoms with E-state index in [1.54, 1.807) is 10.9 Å². The molecule has 22 heavy (non-hydrogen) atoms. The van der Waals surface area contributed by atoms with Gasteiger partial charge in [0.05, 0.1) is 12.8 Å². The van der Waals surface area contributed by atoms with E-state index in [0.29, 0.717) is 25.5 Å². The maximum Gasteiger partial charge on any atom is 0.354 e. The molecule has 1 unspecified atom stereocenters. The Morgan fingerprint density at radius 1 is 1.50 bits per heavy atom. The molecule has 3 heterocycles. The van der Waals surface area contributed by atoms with Crippen LogP contribution in [0.4, 0.5) is 5.82 Å². The molecular weight excluding hydrogens is 310 g/mol. The third kappa shape index (κ3) is 3.02. The first-order valence-corrected chi connectivity index (χ1v) is 7.03. The summed E-state index contributed by atoms with van der Waals surface area (Å²) in [6.45, 7) is 1.64. The van der Waals surface area contributed by atoms with Crippen LogP contribution in [0.5, 0.6) is 0 Å². The van der Waals surface area contributed by atoms with Crippen molar-refractivity contribution < 1.29 is 14.6 Å². The molecule has 1 aliphatic rings. The SMILES string of the molecule is Cn1cc(C2CN(c3cc(C(=O)O)nc(Cl)n3)CCO2)cn1. The van der Waals surface area contributed by atoms with Crippen LogP contribution in [-0.2, 0) is 11.8 Å². The molecule has 1 aliphatic heterocycles. The predicted octanol–water partition coefficient (Wildman–Crippen LogP) is 1.14. The number of hydrogen-bond donors (Lipinski definition) is 1. The van der Waals surface area contributed by atoms with Crippen molar-refractivity contribution in [1.29, 1.82) is 0 Å². The number of carbonyl (C=O) groups is 1. The number of carboxylic acid groups (broad SMARTS) is 1. The van der Waals surface area contributed by atoms with Crippen LogP contribution in [0.25, 0.3) is 0 Å². The van der Waals surface area contributed by atoms with Crippen molar-refractivity contribution in [3.63, 3.8) is 0 Å². The van der Waals surface area contributed by atoms with E-state index in [0.717, 1.165) is 5.56 Å². The number of aromatic carboxylic acids is 1. The quantitative estimate of drug-likeness (QED) is 0.846. The molecule has 1 atom stereocenters. The number of aromatic nitrogens is 4. The number of nitrogens with zero attached hydrogens (tertiary/aromatic N) is 5. The molecule has 0 saturated carbocycles. The molecular formula is C13H14ClN5O3. The highest BCUT2D eigenvalue weighted by Crippen LogP contribution is 2.25. The van der Waals surface area contributed by atoms with Gasteiger partial charge in [-0.1, -0.05) is 0 Å². The summed E-state index contributed by atoms with van der Waals surface area (Å²) < 4.78 is 7.46. The lowest BCUT2D eigenvalue weighted by Crippen LogP contribution is -2.39. The van der Waals surface area contributed by atoms with Crippen LogP contribution in [0.3, 0.4) is 0 Å². The molecule has 116 valence electrons. The Balaban J connectivity index is 1.84. The molecule has 1 fully saturated rings. The number of carboxylic acids is 1. The van der Waals surface area contributed by atoms with E-state index in [2.05, 4.69) is 15.1 Å². The van der Waals surface area contributed by atoms with Crippen LogP contribution in [-0.4, -0.2) is 50.5 Å². The van der Waals surface area contributed by atoms with E-state index in [1.807, 2.05) is 18.1 Å². The molecule has 2 aromatic rings. The highest BCUT2D eigenvalue weighted by molar-refractivity contribution is 6.28. The van der Waals surface area contributed by atoms with E-state index in [9.17, 15) is 4.79 Å². The molecule has 0 bridgehead atoms. The number of aryl methyl sites for hydroxylation is 1. The summed E-state index contributed by atoms with van der Waals surface area (Å²) in [5, 5.41) is 13.1. The average Bonchev–Trinajstić information content (AvgIpc) is 2.93. The minimum absolute atomic E-state index is 0.0840. The lowest BCUT2D eigenvalue weighted by molar-refractivity contribution is 0.0394. The van der Waals surface area contributed by atoms with Gasteiger partial charge in [0, 0.05) is 38.0 Å². The molecule has 9 heteroatoms. The maximum absolute atomic E-state index is 11.1. The molecule has 0 radical (unpaired) electrons. The largest absolute Gasteiger partial charge is 0.477 e. The molecule has 0 amide bonds. The van der Waals surface area contributed by atoms with Gasteiger partial charge < -0.3 is 14.7 Å². The van der Waals surface area contributed by atoms with E-state index in [1.165, 1.54) is 6.07 Å². The third-order valence-electron chi connectivity index (χ3n) is 3.39. The second-order valence-corrected chi connectivity index (χ2v) is 5.28. The van der Waals surface area contributed by atoms with Gasteiger partial charge in [0.25, 0.3) is 0 Å². The summed E-state index contributed by atoms with van der Waals surface area (Å²) in [5.74, 6) is -0.655. The predicted molar refractivity (Wildman–Crippen MR) is 78.1 cm³/mol. The van der Waals surface area contributed by atoms with Gasteiger partial charge in [-0.25, -0.2) is 14.8 Å². The zero-order valence-electron chi connectivity index (χ0n) is 11.8. The van der Waals surface area contributed by atoms with Crippen LogP contribution in [0.2, 0.25) is 5.28 Å². The fraction of sp³-hybridized carbons (Fsp3) is 0.385. The second kappa shape index (κ2) is 5.90. The lowest BCUT2D eigenvalue weighted by atomic mass is 10.1. The van der Waals surface area contributed by atoms with Crippen LogP contribution >= 0.6 is 11.6 Å². The van der Waals surface area contributed by atoms with Crippen LogP contribution in [0.15, 0.2) is 18.5 Å². The van der Waals surface area contributed by atoms with Gasteiger partial charge in [-0.05, 0) is 11.6 Å². The number of ether oxygens (including phenoxy) is 1. The first-order chi connectivity index (χ1) is 10.5. The lowest BCUT2D eigenvalue weighted by Gasteiger charge is -2.33. The van der Waals surface area contributed by atoms with Gasteiger partial charge in [-0.2, -0.15) is 5.10 Å². The van der Waals surface area contributed by atoms with E-state index in [-0.39, 0.29) is 17.1 Å². The Labute approximate surface area is 131 Å². The molecule has 2 aromatic heterocycles. The molecule has 0 aliphatic carbocycles. The van der Waals surface area contributed by atoms with Gasteiger partial charge in [-0.15, -0.1) is 0 Å². The van der Waals surface area contributed by atoms with Crippen molar-refractivity contribution in [3.8, 4) is 0 Å². The van der Waals surface area contributed by atoms with Crippen molar-refractivity contribution in [2.24, 2.45) is 7.05 Å². The highest BCUT2D eigenvalue weighted by atomic mass is 35.5. The minimum Gasteiger partial charge on any atom is -0.477 e. The van der Waals surface area contributed by atoms with E-state index in [4.69, 9.17) is 21.4 Å². The fourth-order valence-electron chi connectivity index (χ4n) is 2.34. The summed E-state index contributed by atoms with van der Waals surface area (Å²) >= 11 is 5.81. The molecule has 0 spiro atoms. The number of rotatable bonds is 3. The van der Waals surface area contributed by atoms with Crippen molar-refractivity contribution in [1.82, 2.24) is 19.7 Å². The van der Waals surface area contributed by atoms with Crippen molar-refractivity contribution >= 4 is 23.4 Å². The Morgan fingerprint density at radius 2 is 2.32 bits per heavy atom. The Kier molecular flexibility index (Phi) is 3.95. The third-order valence-corrected chi connectivity index (χ3v) is 3.56. The van der Waals surface area contributed by atoms with Gasteiger partial charge in [0.2, 0.25) is 5.28 Å². The van der Waals surface area contributed by atoms with Gasteiger partial charge in [0.1, 0.15) is 11.9 Å². The molecule has 1 N–H and O–H groups in total. The van der Waals surface area contributed by atoms with Crippen molar-refractivity contribution in [2.75, 3.05) is 24.6 Å². The Hall–Kier alpha value is -2.19. The fourth-order valence-corrected chi connectivity index (χ4v) is 2.52. The van der Waals surface area contributed by atoms with Crippen molar-refractivity contribution in [2.45, 2.75) is 6.10 Å². The van der Waals surface area contributed by atoms with Gasteiger partial charge in [-0.3, -0.25) is 4.68 Å². The molecule has 8 nitrogen and oxygen atoms in total. The molecule has 3 rings (SSSR count). The van der Waals surface area contributed by atoms with Crippen LogP contribution in [0.1, 0.15) is 22.2 Å². The minimum atomic E-state index is -1.14. The van der Waals surface area contributed by atoms with E-state index < -0.39 is 5.97 Å². The smallest absolute Gasteiger partial charge is 0.354 e. The van der Waals surface area contributed by atoms with Crippen LogP contribution < -0.4 is 4.90 Å². The standard InChI is InChI=1S/C13H14ClN5O3/c1-18-6-8(5-15-18)10-7-19(2-3-22-10)11-4-9(12(20)21)16-13(14)17-11/h4-6,10H,2-3,7H2,1H3,(H,20,21). The highest BCUT2D eigenvalue weighted by Gasteiger charge is 2.25. The zero-order chi connectivity index (χ0) is 15.7. The van der Waals surface area contributed by atoms with E-state index >= 15 is 0 Å². The summed E-state index contributed by atoms with van der Waals surface area (Å²) in [7, 11) is 1.84. The van der Waals surface area contributed by atoms with Crippen molar-refractivity contribution in [3.05, 3.63) is 35.0 Å². The summed E-state index contributed by atoms with van der Waals surface area (Å²) in [5.41, 5.74) is 0.838. The normalized spacial score (nSPS) is 18.5. The number of hydrogen-bond acceptors (Lipinski definition) is 6.